The van der Waals surface area contributed by atoms with Gasteiger partial charge in [-0.1, -0.05) is 0 Å². The number of anilines is 1. The van der Waals surface area contributed by atoms with E-state index in [1.54, 1.807) is 23.2 Å². The van der Waals surface area contributed by atoms with Gasteiger partial charge in [0, 0.05) is 25.8 Å². The van der Waals surface area contributed by atoms with E-state index in [-0.39, 0.29) is 5.75 Å². The van der Waals surface area contributed by atoms with E-state index in [4.69, 9.17) is 5.11 Å². The third-order valence-electron chi connectivity index (χ3n) is 2.54. The molecule has 1 aliphatic rings. The molecule has 1 atom stereocenters. The summed E-state index contributed by atoms with van der Waals surface area (Å²) in [5, 5.41) is 21.4. The summed E-state index contributed by atoms with van der Waals surface area (Å²) in [6.07, 6.45) is 1.58. The number of rotatable bonds is 2. The summed E-state index contributed by atoms with van der Waals surface area (Å²) in [6.45, 7) is 1.50. The molecule has 0 aromatic carbocycles. The number of hydrogen-bond acceptors (Lipinski definition) is 5. The Hall–Kier alpha value is -1.82. The first-order valence-electron chi connectivity index (χ1n) is 5.03. The Morgan fingerprint density at radius 1 is 1.62 bits per heavy atom. The summed E-state index contributed by atoms with van der Waals surface area (Å²) < 4.78 is 0. The zero-order valence-electron chi connectivity index (χ0n) is 8.63. The molecule has 6 heteroatoms. The predicted molar refractivity (Wildman–Crippen MR) is 57.5 cm³/mol. The van der Waals surface area contributed by atoms with Gasteiger partial charge in [0.1, 0.15) is 6.04 Å². The van der Waals surface area contributed by atoms with Crippen LogP contribution >= 0.6 is 0 Å². The molecule has 1 unspecified atom stereocenters. The number of aliphatic carboxylic acids is 1. The van der Waals surface area contributed by atoms with Gasteiger partial charge in [-0.15, -0.1) is 0 Å². The van der Waals surface area contributed by atoms with Gasteiger partial charge in [0.05, 0.1) is 0 Å². The van der Waals surface area contributed by atoms with Crippen LogP contribution in [-0.4, -0.2) is 46.8 Å². The van der Waals surface area contributed by atoms with E-state index in [1.807, 2.05) is 0 Å². The number of nitrogens with zero attached hydrogens (tertiary/aromatic N) is 2. The number of hydrogen-bond donors (Lipinski definition) is 3. The molecule has 1 aliphatic heterocycles. The molecular formula is C10H13N3O3. The second kappa shape index (κ2) is 4.36. The van der Waals surface area contributed by atoms with Gasteiger partial charge in [-0.3, -0.25) is 4.79 Å². The van der Waals surface area contributed by atoms with E-state index in [9.17, 15) is 9.90 Å². The van der Waals surface area contributed by atoms with Gasteiger partial charge < -0.3 is 20.4 Å². The molecule has 16 heavy (non-hydrogen) atoms. The van der Waals surface area contributed by atoms with Gasteiger partial charge in [0.2, 0.25) is 0 Å². The summed E-state index contributed by atoms with van der Waals surface area (Å²) in [4.78, 5) is 16.7. The van der Waals surface area contributed by atoms with Crippen LogP contribution in [0.1, 0.15) is 0 Å². The van der Waals surface area contributed by atoms with E-state index >= 15 is 0 Å². The van der Waals surface area contributed by atoms with Crippen LogP contribution in [0.25, 0.3) is 0 Å². The van der Waals surface area contributed by atoms with E-state index in [0.29, 0.717) is 25.5 Å². The first-order chi connectivity index (χ1) is 7.68. The minimum absolute atomic E-state index is 0.0774. The van der Waals surface area contributed by atoms with Crippen molar-refractivity contribution in [1.82, 2.24) is 10.3 Å². The predicted octanol–water partition coefficient (Wildman–Crippen LogP) is -0.350. The third kappa shape index (κ3) is 2.06. The highest BCUT2D eigenvalue weighted by Crippen LogP contribution is 2.24. The third-order valence-corrected chi connectivity index (χ3v) is 2.54. The lowest BCUT2D eigenvalue weighted by molar-refractivity contribution is -0.139. The molecule has 0 spiro atoms. The van der Waals surface area contributed by atoms with E-state index < -0.39 is 12.0 Å². The molecule has 6 nitrogen and oxygen atoms in total. The number of aromatic nitrogens is 1. The second-order valence-corrected chi connectivity index (χ2v) is 3.64. The Kier molecular flexibility index (Phi) is 2.91. The average Bonchev–Trinajstić information content (AvgIpc) is 2.30. The van der Waals surface area contributed by atoms with Gasteiger partial charge in [-0.2, -0.15) is 0 Å². The monoisotopic (exact) mass is 223 g/mol. The number of piperazine rings is 1. The average molecular weight is 223 g/mol. The minimum Gasteiger partial charge on any atom is -0.504 e. The molecule has 0 bridgehead atoms. The van der Waals surface area contributed by atoms with Crippen LogP contribution < -0.4 is 10.2 Å². The minimum atomic E-state index is -0.889. The van der Waals surface area contributed by atoms with Crippen molar-refractivity contribution in [3.63, 3.8) is 0 Å². The van der Waals surface area contributed by atoms with Gasteiger partial charge in [0.15, 0.2) is 11.6 Å². The maximum Gasteiger partial charge on any atom is 0.322 e. The fourth-order valence-corrected chi connectivity index (χ4v) is 1.74. The Morgan fingerprint density at radius 3 is 3.12 bits per heavy atom. The molecule has 3 N–H and O–H groups in total. The summed E-state index contributed by atoms with van der Waals surface area (Å²) in [6, 6.07) is 2.56. The standard InChI is InChI=1S/C10H13N3O3/c14-8-2-1-3-12-9(8)13-5-4-11-7(6-13)10(15)16/h1-3,7,11,14H,4-6H2,(H,15,16). The molecule has 1 fully saturated rings. The van der Waals surface area contributed by atoms with Crippen LogP contribution in [0, 0.1) is 0 Å². The van der Waals surface area contributed by atoms with Crippen LogP contribution in [0.4, 0.5) is 5.82 Å². The van der Waals surface area contributed by atoms with Crippen LogP contribution in [0.5, 0.6) is 5.75 Å². The van der Waals surface area contributed by atoms with Crippen LogP contribution in [-0.2, 0) is 4.79 Å². The SMILES string of the molecule is O=C(O)C1CN(c2ncccc2O)CCN1. The fourth-order valence-electron chi connectivity index (χ4n) is 1.74. The number of carboxylic acid groups (broad SMARTS) is 1. The smallest absolute Gasteiger partial charge is 0.322 e. The van der Waals surface area contributed by atoms with Crippen molar-refractivity contribution < 1.29 is 15.0 Å². The molecule has 0 amide bonds. The normalized spacial score (nSPS) is 20.8. The van der Waals surface area contributed by atoms with Crippen LogP contribution in [0.15, 0.2) is 18.3 Å². The zero-order valence-corrected chi connectivity index (χ0v) is 8.63. The van der Waals surface area contributed by atoms with Crippen molar-refractivity contribution in [3.05, 3.63) is 18.3 Å². The van der Waals surface area contributed by atoms with Crippen molar-refractivity contribution >= 4 is 11.8 Å². The van der Waals surface area contributed by atoms with E-state index in [2.05, 4.69) is 10.3 Å². The van der Waals surface area contributed by atoms with Crippen molar-refractivity contribution in [2.45, 2.75) is 6.04 Å². The van der Waals surface area contributed by atoms with Crippen molar-refractivity contribution in [1.29, 1.82) is 0 Å². The summed E-state index contributed by atoms with van der Waals surface area (Å²) in [5.74, 6) is -0.371. The number of carboxylic acids is 1. The van der Waals surface area contributed by atoms with Crippen LogP contribution in [0.2, 0.25) is 0 Å². The molecule has 2 rings (SSSR count). The van der Waals surface area contributed by atoms with Gasteiger partial charge in [-0.05, 0) is 12.1 Å². The number of aromatic hydroxyl groups is 1. The molecular weight excluding hydrogens is 210 g/mol. The zero-order chi connectivity index (χ0) is 11.5. The topological polar surface area (TPSA) is 85.7 Å². The van der Waals surface area contributed by atoms with Crippen molar-refractivity contribution in [2.75, 3.05) is 24.5 Å². The summed E-state index contributed by atoms with van der Waals surface area (Å²) in [7, 11) is 0. The molecule has 86 valence electrons. The molecule has 2 heterocycles. The Balaban J connectivity index is 2.16. The molecule has 1 aromatic heterocycles. The quantitative estimate of drug-likeness (QED) is 0.635. The number of nitrogens with one attached hydrogen (secondary N) is 1. The highest BCUT2D eigenvalue weighted by molar-refractivity contribution is 5.75. The Labute approximate surface area is 92.5 Å². The molecule has 1 saturated heterocycles. The molecule has 1 aromatic rings. The lowest BCUT2D eigenvalue weighted by Gasteiger charge is -2.32. The van der Waals surface area contributed by atoms with Gasteiger partial charge in [-0.25, -0.2) is 4.98 Å². The van der Waals surface area contributed by atoms with Crippen molar-refractivity contribution in [2.24, 2.45) is 0 Å². The molecule has 0 saturated carbocycles. The first kappa shape index (κ1) is 10.7. The fraction of sp³-hybridized carbons (Fsp3) is 0.400. The lowest BCUT2D eigenvalue weighted by Crippen LogP contribution is -2.54. The van der Waals surface area contributed by atoms with Crippen LogP contribution in [0.3, 0.4) is 0 Å². The highest BCUT2D eigenvalue weighted by atomic mass is 16.4. The summed E-state index contributed by atoms with van der Waals surface area (Å²) in [5.41, 5.74) is 0. The second-order valence-electron chi connectivity index (χ2n) is 3.64. The first-order valence-corrected chi connectivity index (χ1v) is 5.03. The molecule has 0 aliphatic carbocycles. The number of carbonyl (C=O) groups is 1. The lowest BCUT2D eigenvalue weighted by atomic mass is 10.2. The van der Waals surface area contributed by atoms with Gasteiger partial charge in [0.25, 0.3) is 0 Å². The van der Waals surface area contributed by atoms with E-state index in [0.717, 1.165) is 0 Å². The van der Waals surface area contributed by atoms with Gasteiger partial charge >= 0.3 is 5.97 Å². The van der Waals surface area contributed by atoms with Crippen molar-refractivity contribution in [3.8, 4) is 5.75 Å². The highest BCUT2D eigenvalue weighted by Gasteiger charge is 2.26. The maximum atomic E-state index is 10.8. The molecule has 0 radical (unpaired) electrons. The Bertz CT molecular complexity index is 397. The Morgan fingerprint density at radius 2 is 2.44 bits per heavy atom. The summed E-state index contributed by atoms with van der Waals surface area (Å²) >= 11 is 0. The maximum absolute atomic E-state index is 10.8. The largest absolute Gasteiger partial charge is 0.504 e. The number of pyridine rings is 1. The van der Waals surface area contributed by atoms with E-state index in [1.165, 1.54) is 0 Å².